The zero-order valence-corrected chi connectivity index (χ0v) is 12.2. The number of non-ortho nitro benzene ring substituents is 1. The molecule has 0 heterocycles. The molecule has 114 valence electrons. The molecular weight excluding hydrogens is 275 g/mol. The van der Waals surface area contributed by atoms with E-state index in [1.54, 1.807) is 0 Å². The first-order chi connectivity index (χ1) is 9.78. The fraction of sp³-hybridized carbons (Fsp3) is 0.533. The van der Waals surface area contributed by atoms with Crippen molar-refractivity contribution in [1.29, 1.82) is 0 Å². The van der Waals surface area contributed by atoms with Crippen LogP contribution in [0, 0.1) is 21.3 Å². The molecule has 6 heteroatoms. The summed E-state index contributed by atoms with van der Waals surface area (Å²) in [7, 11) is 0. The summed E-state index contributed by atoms with van der Waals surface area (Å²) in [5, 5.41) is 13.5. The van der Waals surface area contributed by atoms with Crippen molar-refractivity contribution in [3.05, 3.63) is 39.7 Å². The number of nitro benzene ring substituents is 1. The Hall–Kier alpha value is -1.98. The second kappa shape index (κ2) is 5.79. The fourth-order valence-electron chi connectivity index (χ4n) is 2.89. The van der Waals surface area contributed by atoms with Crippen molar-refractivity contribution in [3.8, 4) is 0 Å². The lowest BCUT2D eigenvalue weighted by Crippen LogP contribution is -2.40. The van der Waals surface area contributed by atoms with Crippen LogP contribution in [0.15, 0.2) is 18.2 Å². The van der Waals surface area contributed by atoms with E-state index in [-0.39, 0.29) is 22.7 Å². The van der Waals surface area contributed by atoms with Crippen LogP contribution in [-0.2, 0) is 0 Å². The number of halogens is 1. The number of amides is 1. The monoisotopic (exact) mass is 294 g/mol. The van der Waals surface area contributed by atoms with Gasteiger partial charge in [-0.05, 0) is 30.7 Å². The Morgan fingerprint density at radius 2 is 2.19 bits per heavy atom. The Balaban J connectivity index is 2.13. The van der Waals surface area contributed by atoms with Gasteiger partial charge in [0.05, 0.1) is 10.5 Å². The second-order valence-electron chi connectivity index (χ2n) is 6.35. The van der Waals surface area contributed by atoms with Crippen LogP contribution in [0.3, 0.4) is 0 Å². The topological polar surface area (TPSA) is 72.2 Å². The summed E-state index contributed by atoms with van der Waals surface area (Å²) in [6, 6.07) is 2.98. The minimum atomic E-state index is -0.742. The quantitative estimate of drug-likeness (QED) is 0.685. The molecule has 1 fully saturated rings. The Morgan fingerprint density at radius 3 is 2.81 bits per heavy atom. The van der Waals surface area contributed by atoms with Crippen molar-refractivity contribution in [1.82, 2.24) is 5.32 Å². The van der Waals surface area contributed by atoms with Crippen molar-refractivity contribution >= 4 is 11.6 Å². The maximum atomic E-state index is 13.7. The summed E-state index contributed by atoms with van der Waals surface area (Å²) < 4.78 is 13.7. The Labute approximate surface area is 122 Å². The lowest BCUT2D eigenvalue weighted by Gasteiger charge is -2.35. The van der Waals surface area contributed by atoms with E-state index in [9.17, 15) is 19.3 Å². The van der Waals surface area contributed by atoms with Gasteiger partial charge >= 0.3 is 0 Å². The zero-order valence-electron chi connectivity index (χ0n) is 12.2. The molecule has 0 aromatic heterocycles. The molecule has 1 aromatic carbocycles. The molecule has 0 aliphatic heterocycles. The summed E-state index contributed by atoms with van der Waals surface area (Å²) in [6.45, 7) is 4.28. The van der Waals surface area contributed by atoms with Gasteiger partial charge < -0.3 is 5.32 Å². The SMILES string of the molecule is CC1(C)CCCC(NC(=O)c2cc([N+](=O)[O-])ccc2F)C1. The summed E-state index contributed by atoms with van der Waals surface area (Å²) in [4.78, 5) is 22.2. The highest BCUT2D eigenvalue weighted by Gasteiger charge is 2.29. The van der Waals surface area contributed by atoms with Gasteiger partial charge in [-0.1, -0.05) is 20.3 Å². The van der Waals surface area contributed by atoms with Gasteiger partial charge in [-0.3, -0.25) is 14.9 Å². The van der Waals surface area contributed by atoms with Gasteiger partial charge in [-0.2, -0.15) is 0 Å². The molecule has 0 radical (unpaired) electrons. The lowest BCUT2D eigenvalue weighted by molar-refractivity contribution is -0.384. The number of nitrogens with zero attached hydrogens (tertiary/aromatic N) is 1. The number of benzene rings is 1. The minimum absolute atomic E-state index is 0.0140. The number of carbonyl (C=O) groups excluding carboxylic acids is 1. The van der Waals surface area contributed by atoms with E-state index in [1.807, 2.05) is 0 Å². The molecule has 1 N–H and O–H groups in total. The predicted octanol–water partition coefficient (Wildman–Crippen LogP) is 3.43. The van der Waals surface area contributed by atoms with Gasteiger partial charge in [0.1, 0.15) is 5.82 Å². The molecule has 21 heavy (non-hydrogen) atoms. The Morgan fingerprint density at radius 1 is 1.48 bits per heavy atom. The normalized spacial score (nSPS) is 20.8. The third-order valence-electron chi connectivity index (χ3n) is 3.95. The molecule has 0 spiro atoms. The molecule has 1 aliphatic rings. The van der Waals surface area contributed by atoms with Crippen molar-refractivity contribution in [2.75, 3.05) is 0 Å². The maximum Gasteiger partial charge on any atom is 0.270 e. The second-order valence-corrected chi connectivity index (χ2v) is 6.35. The van der Waals surface area contributed by atoms with E-state index >= 15 is 0 Å². The molecule has 1 aliphatic carbocycles. The van der Waals surface area contributed by atoms with Gasteiger partial charge in [0.2, 0.25) is 0 Å². The van der Waals surface area contributed by atoms with E-state index in [0.29, 0.717) is 0 Å². The number of hydrogen-bond acceptors (Lipinski definition) is 3. The summed E-state index contributed by atoms with van der Waals surface area (Å²) in [6.07, 6.45) is 3.79. The first kappa shape index (κ1) is 15.4. The van der Waals surface area contributed by atoms with Gasteiger partial charge in [0, 0.05) is 18.2 Å². The highest BCUT2D eigenvalue weighted by atomic mass is 19.1. The number of hydrogen-bond donors (Lipinski definition) is 1. The van der Waals surface area contributed by atoms with Crippen LogP contribution in [0.5, 0.6) is 0 Å². The predicted molar refractivity (Wildman–Crippen MR) is 76.6 cm³/mol. The number of rotatable bonds is 3. The number of nitro groups is 1. The van der Waals surface area contributed by atoms with E-state index in [4.69, 9.17) is 0 Å². The average molecular weight is 294 g/mol. The maximum absolute atomic E-state index is 13.7. The van der Waals surface area contributed by atoms with E-state index in [2.05, 4.69) is 19.2 Å². The smallest absolute Gasteiger partial charge is 0.270 e. The third-order valence-corrected chi connectivity index (χ3v) is 3.95. The summed E-state index contributed by atoms with van der Waals surface area (Å²) in [5.41, 5.74) is -0.407. The highest BCUT2D eigenvalue weighted by Crippen LogP contribution is 2.35. The molecular formula is C15H19FN2O3. The Kier molecular flexibility index (Phi) is 4.25. The van der Waals surface area contributed by atoms with E-state index < -0.39 is 16.6 Å². The van der Waals surface area contributed by atoms with Gasteiger partial charge in [0.25, 0.3) is 11.6 Å². The third kappa shape index (κ3) is 3.77. The molecule has 0 saturated heterocycles. The Bertz CT molecular complexity index is 572. The molecule has 1 atom stereocenters. The van der Waals surface area contributed by atoms with Gasteiger partial charge in [0.15, 0.2) is 0 Å². The standard InChI is InChI=1S/C15H19FN2O3/c1-15(2)7-3-4-10(9-15)17-14(19)12-8-11(18(20)21)5-6-13(12)16/h5-6,8,10H,3-4,7,9H2,1-2H3,(H,17,19). The van der Waals surface area contributed by atoms with E-state index in [1.165, 1.54) is 0 Å². The van der Waals surface area contributed by atoms with Crippen molar-refractivity contribution in [2.45, 2.75) is 45.6 Å². The first-order valence-corrected chi connectivity index (χ1v) is 7.03. The molecule has 0 bridgehead atoms. The van der Waals surface area contributed by atoms with E-state index in [0.717, 1.165) is 43.9 Å². The van der Waals surface area contributed by atoms with Crippen molar-refractivity contribution in [3.63, 3.8) is 0 Å². The molecule has 2 rings (SSSR count). The fourth-order valence-corrected chi connectivity index (χ4v) is 2.89. The minimum Gasteiger partial charge on any atom is -0.349 e. The van der Waals surface area contributed by atoms with Crippen molar-refractivity contribution in [2.24, 2.45) is 5.41 Å². The average Bonchev–Trinajstić information content (AvgIpc) is 2.37. The zero-order chi connectivity index (χ0) is 15.6. The molecule has 5 nitrogen and oxygen atoms in total. The number of nitrogens with one attached hydrogen (secondary N) is 1. The van der Waals surface area contributed by atoms with Crippen LogP contribution in [0.2, 0.25) is 0 Å². The summed E-state index contributed by atoms with van der Waals surface area (Å²) in [5.74, 6) is -1.33. The number of carbonyl (C=O) groups is 1. The van der Waals surface area contributed by atoms with Gasteiger partial charge in [-0.15, -0.1) is 0 Å². The van der Waals surface area contributed by atoms with Crippen LogP contribution < -0.4 is 5.32 Å². The molecule has 1 amide bonds. The van der Waals surface area contributed by atoms with Gasteiger partial charge in [-0.25, -0.2) is 4.39 Å². The van der Waals surface area contributed by atoms with Crippen LogP contribution in [0.1, 0.15) is 49.9 Å². The highest BCUT2D eigenvalue weighted by molar-refractivity contribution is 5.95. The first-order valence-electron chi connectivity index (χ1n) is 7.03. The lowest BCUT2D eigenvalue weighted by atomic mass is 9.75. The molecule has 1 aromatic rings. The molecule has 1 saturated carbocycles. The van der Waals surface area contributed by atoms with Crippen LogP contribution in [0.4, 0.5) is 10.1 Å². The van der Waals surface area contributed by atoms with Crippen LogP contribution in [-0.4, -0.2) is 16.9 Å². The van der Waals surface area contributed by atoms with Crippen LogP contribution >= 0.6 is 0 Å². The molecule has 1 unspecified atom stereocenters. The van der Waals surface area contributed by atoms with Crippen molar-refractivity contribution < 1.29 is 14.1 Å². The van der Waals surface area contributed by atoms with Crippen LogP contribution in [0.25, 0.3) is 0 Å². The largest absolute Gasteiger partial charge is 0.349 e. The summed E-state index contributed by atoms with van der Waals surface area (Å²) >= 11 is 0.